The largest absolute Gasteiger partial charge is 0.432 e. The normalized spacial score (nSPS) is 14.8. The first-order chi connectivity index (χ1) is 6.49. The second kappa shape index (κ2) is 3.87. The molecule has 0 aromatic rings. The van der Waals surface area contributed by atoms with Gasteiger partial charge < -0.3 is 9.47 Å². The molecule has 0 radical (unpaired) electrons. The van der Waals surface area contributed by atoms with E-state index >= 15 is 0 Å². The van der Waals surface area contributed by atoms with Crippen molar-refractivity contribution in [3.63, 3.8) is 0 Å². The second-order valence-electron chi connectivity index (χ2n) is 2.73. The quantitative estimate of drug-likeness (QED) is 0.372. The van der Waals surface area contributed by atoms with E-state index in [4.69, 9.17) is 0 Å². The fourth-order valence-electron chi connectivity index (χ4n) is 0.897. The Morgan fingerprint density at radius 3 is 2.64 bits per heavy atom. The topological polar surface area (TPSA) is 69.7 Å². The zero-order chi connectivity index (χ0) is 10.7. The van der Waals surface area contributed by atoms with Crippen LogP contribution in [0.3, 0.4) is 0 Å². The highest BCUT2D eigenvalue weighted by Gasteiger charge is 2.25. The van der Waals surface area contributed by atoms with Crippen LogP contribution in [0.2, 0.25) is 0 Å². The molecule has 0 aromatic carbocycles. The van der Waals surface area contributed by atoms with Gasteiger partial charge in [0.15, 0.2) is 0 Å². The molecule has 0 fully saturated rings. The molecule has 0 aromatic heterocycles. The van der Waals surface area contributed by atoms with Crippen LogP contribution in [0.5, 0.6) is 0 Å². The standard InChI is InChI=1S/C9H8O5/c1-5(2)13-7(10)3-6-4-8(11)14-9(6)12/h4H,1,3H2,2H3. The summed E-state index contributed by atoms with van der Waals surface area (Å²) in [6.07, 6.45) is 0.694. The van der Waals surface area contributed by atoms with Crippen molar-refractivity contribution in [2.24, 2.45) is 0 Å². The van der Waals surface area contributed by atoms with Crippen LogP contribution in [-0.4, -0.2) is 17.9 Å². The third kappa shape index (κ3) is 2.55. The predicted octanol–water partition coefficient (Wildman–Crippen LogP) is 0.463. The molecule has 0 spiro atoms. The highest BCUT2D eigenvalue weighted by atomic mass is 16.6. The summed E-state index contributed by atoms with van der Waals surface area (Å²) in [4.78, 5) is 32.5. The molecule has 0 saturated carbocycles. The van der Waals surface area contributed by atoms with Gasteiger partial charge in [0.05, 0.1) is 17.8 Å². The van der Waals surface area contributed by atoms with Gasteiger partial charge in [0.2, 0.25) is 0 Å². The summed E-state index contributed by atoms with van der Waals surface area (Å²) in [6, 6.07) is 0. The van der Waals surface area contributed by atoms with E-state index < -0.39 is 17.9 Å². The average Bonchev–Trinajstić information content (AvgIpc) is 2.28. The van der Waals surface area contributed by atoms with Gasteiger partial charge in [0, 0.05) is 6.08 Å². The van der Waals surface area contributed by atoms with Gasteiger partial charge in [-0.25, -0.2) is 9.59 Å². The van der Waals surface area contributed by atoms with Gasteiger partial charge in [-0.15, -0.1) is 0 Å². The minimum atomic E-state index is -0.798. The van der Waals surface area contributed by atoms with Crippen LogP contribution >= 0.6 is 0 Å². The second-order valence-corrected chi connectivity index (χ2v) is 2.73. The first-order valence-electron chi connectivity index (χ1n) is 3.82. The molecule has 0 N–H and O–H groups in total. The molecule has 74 valence electrons. The highest BCUT2D eigenvalue weighted by molar-refractivity contribution is 6.10. The molecule has 14 heavy (non-hydrogen) atoms. The van der Waals surface area contributed by atoms with Crippen molar-refractivity contribution in [2.45, 2.75) is 13.3 Å². The number of hydrogen-bond donors (Lipinski definition) is 0. The van der Waals surface area contributed by atoms with E-state index in [0.29, 0.717) is 0 Å². The van der Waals surface area contributed by atoms with Gasteiger partial charge >= 0.3 is 17.9 Å². The van der Waals surface area contributed by atoms with Crippen molar-refractivity contribution in [1.29, 1.82) is 0 Å². The molecule has 0 bridgehead atoms. The van der Waals surface area contributed by atoms with E-state index in [0.717, 1.165) is 6.08 Å². The molecule has 5 nitrogen and oxygen atoms in total. The van der Waals surface area contributed by atoms with E-state index in [9.17, 15) is 14.4 Å². The van der Waals surface area contributed by atoms with Gasteiger partial charge in [-0.1, -0.05) is 6.58 Å². The zero-order valence-corrected chi connectivity index (χ0v) is 7.53. The molecule has 0 atom stereocenters. The Morgan fingerprint density at radius 2 is 2.21 bits per heavy atom. The SMILES string of the molecule is C=C(C)OC(=O)CC1=CC(=O)OC1=O. The molecule has 0 amide bonds. The van der Waals surface area contributed by atoms with Crippen LogP contribution in [0.15, 0.2) is 24.0 Å². The van der Waals surface area contributed by atoms with Crippen molar-refractivity contribution in [3.8, 4) is 0 Å². The first kappa shape index (κ1) is 10.2. The first-order valence-corrected chi connectivity index (χ1v) is 3.82. The van der Waals surface area contributed by atoms with Crippen molar-refractivity contribution in [3.05, 3.63) is 24.0 Å². The maximum atomic E-state index is 11.0. The van der Waals surface area contributed by atoms with E-state index in [2.05, 4.69) is 16.1 Å². The van der Waals surface area contributed by atoms with Gasteiger partial charge in [-0.2, -0.15) is 0 Å². The predicted molar refractivity (Wildman–Crippen MR) is 44.7 cm³/mol. The highest BCUT2D eigenvalue weighted by Crippen LogP contribution is 2.13. The molecule has 5 heteroatoms. The van der Waals surface area contributed by atoms with Crippen LogP contribution in [0.1, 0.15) is 13.3 Å². The van der Waals surface area contributed by atoms with Crippen molar-refractivity contribution in [2.75, 3.05) is 0 Å². The number of hydrogen-bond acceptors (Lipinski definition) is 5. The number of rotatable bonds is 3. The molecule has 1 aliphatic rings. The summed E-state index contributed by atoms with van der Waals surface area (Å²) in [7, 11) is 0. The van der Waals surface area contributed by atoms with Crippen LogP contribution < -0.4 is 0 Å². The molecule has 1 aliphatic heterocycles. The summed E-state index contributed by atoms with van der Waals surface area (Å²) in [5, 5.41) is 0. The monoisotopic (exact) mass is 196 g/mol. The van der Waals surface area contributed by atoms with E-state index in [1.54, 1.807) is 0 Å². The fourth-order valence-corrected chi connectivity index (χ4v) is 0.897. The van der Waals surface area contributed by atoms with Crippen LogP contribution in [0.4, 0.5) is 0 Å². The summed E-state index contributed by atoms with van der Waals surface area (Å²) < 4.78 is 8.78. The third-order valence-corrected chi connectivity index (χ3v) is 1.37. The minimum absolute atomic E-state index is 0.00116. The number of ether oxygens (including phenoxy) is 2. The smallest absolute Gasteiger partial charge is 0.342 e. The summed E-state index contributed by atoms with van der Waals surface area (Å²) >= 11 is 0. The Hall–Kier alpha value is -1.91. The number of carbonyl (C=O) groups excluding carboxylic acids is 3. The summed E-state index contributed by atoms with van der Waals surface area (Å²) in [5.74, 6) is -1.97. The van der Waals surface area contributed by atoms with E-state index in [-0.39, 0.29) is 17.8 Å². The van der Waals surface area contributed by atoms with Gasteiger partial charge in [0.25, 0.3) is 0 Å². The van der Waals surface area contributed by atoms with Crippen LogP contribution in [0.25, 0.3) is 0 Å². The fraction of sp³-hybridized carbons (Fsp3) is 0.222. The van der Waals surface area contributed by atoms with Gasteiger partial charge in [0.1, 0.15) is 0 Å². The van der Waals surface area contributed by atoms with Crippen molar-refractivity contribution >= 4 is 17.9 Å². The number of carbonyl (C=O) groups is 3. The Morgan fingerprint density at radius 1 is 1.57 bits per heavy atom. The Balaban J connectivity index is 2.57. The molecule has 1 rings (SSSR count). The lowest BCUT2D eigenvalue weighted by atomic mass is 10.2. The van der Waals surface area contributed by atoms with Crippen LogP contribution in [0, 0.1) is 0 Å². The van der Waals surface area contributed by atoms with Crippen molar-refractivity contribution in [1.82, 2.24) is 0 Å². The number of esters is 3. The van der Waals surface area contributed by atoms with Crippen molar-refractivity contribution < 1.29 is 23.9 Å². The zero-order valence-electron chi connectivity index (χ0n) is 7.53. The lowest BCUT2D eigenvalue weighted by Crippen LogP contribution is -2.08. The number of allylic oxidation sites excluding steroid dienone is 1. The molecular formula is C9H8O5. The third-order valence-electron chi connectivity index (χ3n) is 1.37. The van der Waals surface area contributed by atoms with E-state index in [1.807, 2.05) is 0 Å². The molecular weight excluding hydrogens is 188 g/mol. The Labute approximate surface area is 80.0 Å². The lowest BCUT2D eigenvalue weighted by molar-refractivity contribution is -0.151. The summed E-state index contributed by atoms with van der Waals surface area (Å²) in [5.41, 5.74) is 0.00116. The maximum Gasteiger partial charge on any atom is 0.342 e. The maximum absolute atomic E-state index is 11.0. The van der Waals surface area contributed by atoms with Crippen LogP contribution in [-0.2, 0) is 23.9 Å². The Kier molecular flexibility index (Phi) is 2.81. The molecule has 0 saturated heterocycles. The van der Waals surface area contributed by atoms with Gasteiger partial charge in [-0.3, -0.25) is 4.79 Å². The molecule has 0 aliphatic carbocycles. The molecule has 1 heterocycles. The van der Waals surface area contributed by atoms with E-state index in [1.165, 1.54) is 6.92 Å². The average molecular weight is 196 g/mol. The minimum Gasteiger partial charge on any atom is -0.432 e. The lowest BCUT2D eigenvalue weighted by Gasteiger charge is -2.01. The summed E-state index contributed by atoms with van der Waals surface area (Å²) in [6.45, 7) is 4.86. The number of cyclic esters (lactones) is 2. The molecule has 0 unspecified atom stereocenters. The van der Waals surface area contributed by atoms with Gasteiger partial charge in [-0.05, 0) is 6.92 Å². The Bertz CT molecular complexity index is 350.